The summed E-state index contributed by atoms with van der Waals surface area (Å²) < 4.78 is 5.36. The predicted molar refractivity (Wildman–Crippen MR) is 65.9 cm³/mol. The van der Waals surface area contributed by atoms with Crippen LogP contribution < -0.4 is 10.2 Å². The lowest BCUT2D eigenvalue weighted by atomic mass is 10.00. The van der Waals surface area contributed by atoms with Gasteiger partial charge in [0.2, 0.25) is 0 Å². The van der Waals surface area contributed by atoms with E-state index in [1.807, 2.05) is 12.1 Å². The lowest BCUT2D eigenvalue weighted by molar-refractivity contribution is 0.0867. The molecular weight excluding hydrogens is 226 g/mol. The van der Waals surface area contributed by atoms with Crippen molar-refractivity contribution in [3.8, 4) is 5.75 Å². The van der Waals surface area contributed by atoms with E-state index in [2.05, 4.69) is 19.3 Å². The molecule has 90 valence electrons. The number of methoxy groups -OCH3 is 1. The van der Waals surface area contributed by atoms with E-state index in [1.165, 1.54) is 0 Å². The zero-order valence-electron chi connectivity index (χ0n) is 10.1. The van der Waals surface area contributed by atoms with E-state index in [0.717, 1.165) is 21.9 Å². The van der Waals surface area contributed by atoms with E-state index in [-0.39, 0.29) is 0 Å². The Morgan fingerprint density at radius 1 is 1.31 bits per heavy atom. The SMILES string of the molecule is CONCc1cc(Cl)c(C(C)C)c(OC)c1. The highest BCUT2D eigenvalue weighted by molar-refractivity contribution is 6.31. The molecular formula is C12H18ClNO2. The van der Waals surface area contributed by atoms with Gasteiger partial charge in [-0.2, -0.15) is 5.48 Å². The van der Waals surface area contributed by atoms with Crippen LogP contribution >= 0.6 is 11.6 Å². The summed E-state index contributed by atoms with van der Waals surface area (Å²) in [5, 5.41) is 0.738. The van der Waals surface area contributed by atoms with Gasteiger partial charge in [-0.15, -0.1) is 0 Å². The zero-order valence-corrected chi connectivity index (χ0v) is 10.9. The van der Waals surface area contributed by atoms with Crippen LogP contribution in [0.15, 0.2) is 12.1 Å². The van der Waals surface area contributed by atoms with Crippen LogP contribution in [0.2, 0.25) is 5.02 Å². The van der Waals surface area contributed by atoms with E-state index in [9.17, 15) is 0 Å². The average molecular weight is 244 g/mol. The summed E-state index contributed by atoms with van der Waals surface area (Å²) in [5.41, 5.74) is 4.86. The summed E-state index contributed by atoms with van der Waals surface area (Å²) in [7, 11) is 3.24. The molecule has 0 aromatic heterocycles. The molecule has 0 amide bonds. The molecule has 1 N–H and O–H groups in total. The predicted octanol–water partition coefficient (Wildman–Crippen LogP) is 3.12. The molecule has 0 unspecified atom stereocenters. The molecule has 0 saturated heterocycles. The number of benzene rings is 1. The van der Waals surface area contributed by atoms with Gasteiger partial charge in [0.25, 0.3) is 0 Å². The summed E-state index contributed by atoms with van der Waals surface area (Å²) in [5.74, 6) is 1.17. The summed E-state index contributed by atoms with van der Waals surface area (Å²) in [6, 6.07) is 3.92. The highest BCUT2D eigenvalue weighted by atomic mass is 35.5. The zero-order chi connectivity index (χ0) is 12.1. The van der Waals surface area contributed by atoms with Gasteiger partial charge < -0.3 is 9.57 Å². The van der Waals surface area contributed by atoms with Crippen LogP contribution in [0.3, 0.4) is 0 Å². The first kappa shape index (κ1) is 13.3. The first-order valence-corrected chi connectivity index (χ1v) is 5.60. The molecule has 0 aliphatic carbocycles. The number of hydroxylamine groups is 1. The van der Waals surface area contributed by atoms with Crippen LogP contribution in [0.25, 0.3) is 0 Å². The van der Waals surface area contributed by atoms with Crippen molar-refractivity contribution in [1.82, 2.24) is 5.48 Å². The quantitative estimate of drug-likeness (QED) is 0.806. The molecule has 4 heteroatoms. The Labute approximate surface area is 102 Å². The van der Waals surface area contributed by atoms with Crippen LogP contribution in [-0.4, -0.2) is 14.2 Å². The third-order valence-electron chi connectivity index (χ3n) is 2.37. The molecule has 0 heterocycles. The van der Waals surface area contributed by atoms with Gasteiger partial charge in [-0.25, -0.2) is 0 Å². The molecule has 1 rings (SSSR count). The monoisotopic (exact) mass is 243 g/mol. The van der Waals surface area contributed by atoms with Gasteiger partial charge in [-0.05, 0) is 23.6 Å². The van der Waals surface area contributed by atoms with Gasteiger partial charge in [0.15, 0.2) is 0 Å². The maximum absolute atomic E-state index is 6.24. The molecule has 0 fully saturated rings. The van der Waals surface area contributed by atoms with Gasteiger partial charge in [-0.1, -0.05) is 25.4 Å². The number of nitrogens with one attached hydrogen (secondary N) is 1. The van der Waals surface area contributed by atoms with Gasteiger partial charge in [0, 0.05) is 17.1 Å². The molecule has 0 aliphatic rings. The van der Waals surface area contributed by atoms with Gasteiger partial charge in [-0.3, -0.25) is 0 Å². The molecule has 1 aromatic rings. The van der Waals surface area contributed by atoms with Crippen molar-refractivity contribution >= 4 is 11.6 Å². The Morgan fingerprint density at radius 3 is 2.50 bits per heavy atom. The van der Waals surface area contributed by atoms with Crippen LogP contribution in [0.1, 0.15) is 30.9 Å². The van der Waals surface area contributed by atoms with Crippen molar-refractivity contribution < 1.29 is 9.57 Å². The minimum atomic E-state index is 0.340. The van der Waals surface area contributed by atoms with Crippen LogP contribution in [-0.2, 0) is 11.4 Å². The van der Waals surface area contributed by atoms with Crippen molar-refractivity contribution in [2.45, 2.75) is 26.3 Å². The topological polar surface area (TPSA) is 30.5 Å². The van der Waals surface area contributed by atoms with Crippen molar-refractivity contribution in [3.05, 3.63) is 28.3 Å². The fraction of sp³-hybridized carbons (Fsp3) is 0.500. The van der Waals surface area contributed by atoms with Crippen LogP contribution in [0.5, 0.6) is 5.75 Å². The van der Waals surface area contributed by atoms with E-state index >= 15 is 0 Å². The van der Waals surface area contributed by atoms with Crippen LogP contribution in [0.4, 0.5) is 0 Å². The maximum Gasteiger partial charge on any atom is 0.124 e. The van der Waals surface area contributed by atoms with E-state index in [1.54, 1.807) is 14.2 Å². The maximum atomic E-state index is 6.24. The molecule has 0 atom stereocenters. The average Bonchev–Trinajstić information content (AvgIpc) is 2.24. The Hall–Kier alpha value is -0.770. The molecule has 0 radical (unpaired) electrons. The number of halogens is 1. The second-order valence-corrected chi connectivity index (χ2v) is 4.28. The highest BCUT2D eigenvalue weighted by Gasteiger charge is 2.13. The molecule has 3 nitrogen and oxygen atoms in total. The Kier molecular flexibility index (Phi) is 5.06. The third-order valence-corrected chi connectivity index (χ3v) is 2.68. The van der Waals surface area contributed by atoms with Gasteiger partial charge >= 0.3 is 0 Å². The summed E-state index contributed by atoms with van der Waals surface area (Å²) in [6.45, 7) is 4.79. The Bertz CT molecular complexity index is 353. The number of hydrogen-bond acceptors (Lipinski definition) is 3. The van der Waals surface area contributed by atoms with Gasteiger partial charge in [0.05, 0.1) is 14.2 Å². The first-order valence-electron chi connectivity index (χ1n) is 5.22. The van der Waals surface area contributed by atoms with Crippen molar-refractivity contribution in [1.29, 1.82) is 0 Å². The van der Waals surface area contributed by atoms with Crippen molar-refractivity contribution in [2.24, 2.45) is 0 Å². The summed E-state index contributed by atoms with van der Waals surface area (Å²) in [4.78, 5) is 4.80. The Balaban J connectivity index is 3.06. The Morgan fingerprint density at radius 2 is 2.00 bits per heavy atom. The highest BCUT2D eigenvalue weighted by Crippen LogP contribution is 2.34. The summed E-state index contributed by atoms with van der Waals surface area (Å²) >= 11 is 6.24. The van der Waals surface area contributed by atoms with E-state index in [4.69, 9.17) is 21.2 Å². The molecule has 0 bridgehead atoms. The lowest BCUT2D eigenvalue weighted by Gasteiger charge is -2.15. The third kappa shape index (κ3) is 3.11. The molecule has 0 saturated carbocycles. The summed E-state index contributed by atoms with van der Waals surface area (Å²) in [6.07, 6.45) is 0. The molecule has 16 heavy (non-hydrogen) atoms. The number of hydrogen-bond donors (Lipinski definition) is 1. The number of rotatable bonds is 5. The number of ether oxygens (including phenoxy) is 1. The minimum absolute atomic E-state index is 0.340. The minimum Gasteiger partial charge on any atom is -0.496 e. The fourth-order valence-electron chi connectivity index (χ4n) is 1.63. The smallest absolute Gasteiger partial charge is 0.124 e. The fourth-order valence-corrected chi connectivity index (χ4v) is 2.08. The molecule has 0 spiro atoms. The molecule has 0 aliphatic heterocycles. The second kappa shape index (κ2) is 6.09. The van der Waals surface area contributed by atoms with E-state index in [0.29, 0.717) is 12.5 Å². The molecule has 1 aromatic carbocycles. The van der Waals surface area contributed by atoms with Crippen molar-refractivity contribution in [2.75, 3.05) is 14.2 Å². The second-order valence-electron chi connectivity index (χ2n) is 3.87. The van der Waals surface area contributed by atoms with Gasteiger partial charge in [0.1, 0.15) is 5.75 Å². The normalized spacial score (nSPS) is 10.9. The van der Waals surface area contributed by atoms with E-state index < -0.39 is 0 Å². The van der Waals surface area contributed by atoms with Crippen molar-refractivity contribution in [3.63, 3.8) is 0 Å². The first-order chi connectivity index (χ1) is 7.60. The standard InChI is InChI=1S/C12H18ClNO2/c1-8(2)12-10(13)5-9(7-14-16-4)6-11(12)15-3/h5-6,8,14H,7H2,1-4H3. The lowest BCUT2D eigenvalue weighted by Crippen LogP contribution is -2.11. The largest absolute Gasteiger partial charge is 0.496 e. The van der Waals surface area contributed by atoms with Crippen LogP contribution in [0, 0.1) is 0 Å².